The first kappa shape index (κ1) is 31.8. The van der Waals surface area contributed by atoms with Gasteiger partial charge in [-0.25, -0.2) is 23.4 Å². The number of carbonyl (C=O) groups excluding carboxylic acids is 1. The molecule has 9 N–H and O–H groups in total. The van der Waals surface area contributed by atoms with Crippen LogP contribution in [0, 0.1) is 0 Å². The van der Waals surface area contributed by atoms with E-state index in [1.165, 1.54) is 17.1 Å². The number of aromatic nitrogens is 5. The number of sulfone groups is 1. The minimum absolute atomic E-state index is 0.0207. The highest BCUT2D eigenvalue weighted by atomic mass is 32.2. The van der Waals surface area contributed by atoms with E-state index in [9.17, 15) is 28.2 Å². The van der Waals surface area contributed by atoms with Crippen LogP contribution in [0.4, 0.5) is 23.1 Å². The molecule has 0 bridgehead atoms. The summed E-state index contributed by atoms with van der Waals surface area (Å²) in [6, 6.07) is 1.41. The van der Waals surface area contributed by atoms with Crippen LogP contribution in [-0.2, 0) is 19.4 Å². The summed E-state index contributed by atoms with van der Waals surface area (Å²) in [6.45, 7) is 4.85. The largest absolute Gasteiger partial charge is 0.397 e. The quantitative estimate of drug-likeness (QED) is 0.142. The number of imidazole rings is 1. The van der Waals surface area contributed by atoms with Crippen LogP contribution in [0.25, 0.3) is 11.2 Å². The number of nitrogen functional groups attached to an aromatic ring is 2. The van der Waals surface area contributed by atoms with E-state index in [1.54, 1.807) is 19.9 Å². The predicted octanol–water partition coefficient (Wildman–Crippen LogP) is -1.73. The highest BCUT2D eigenvalue weighted by Gasteiger charge is 2.46. The number of amides is 1. The normalized spacial score (nSPS) is 25.2. The monoisotopic (exact) mass is 659 g/mol. The number of ether oxygens (including phenoxy) is 1. The number of piperidine rings is 1. The number of aliphatic imine (C=N–C) groups is 1. The number of aliphatic hydroxyl groups excluding tert-OH is 2. The van der Waals surface area contributed by atoms with Gasteiger partial charge >= 0.3 is 0 Å². The van der Waals surface area contributed by atoms with Crippen LogP contribution in [0.5, 0.6) is 0 Å². The number of carbonyl (C=O) groups is 1. The van der Waals surface area contributed by atoms with Crippen molar-refractivity contribution in [2.45, 2.75) is 62.8 Å². The number of pyridine rings is 1. The number of nitrogens with zero attached hydrogens (tertiary/aromatic N) is 6. The summed E-state index contributed by atoms with van der Waals surface area (Å²) in [5.74, 6) is -0.928. The molecule has 0 saturated carbocycles. The number of nitrogens with one attached hydrogen (secondary N) is 3. The summed E-state index contributed by atoms with van der Waals surface area (Å²) in [5, 5.41) is 27.4. The van der Waals surface area contributed by atoms with E-state index in [-0.39, 0.29) is 41.5 Å². The van der Waals surface area contributed by atoms with Crippen molar-refractivity contribution in [2.75, 3.05) is 47.9 Å². The number of anilines is 3. The van der Waals surface area contributed by atoms with Crippen LogP contribution in [0.15, 0.2) is 28.4 Å². The Balaban J connectivity index is 1.01. The highest BCUT2D eigenvalue weighted by molar-refractivity contribution is 7.91. The fourth-order valence-corrected chi connectivity index (χ4v) is 7.49. The van der Waals surface area contributed by atoms with E-state index in [1.807, 2.05) is 4.90 Å². The number of likely N-dealkylation sites (tertiary alicyclic amines) is 1. The maximum atomic E-state index is 13.2. The summed E-state index contributed by atoms with van der Waals surface area (Å²) in [6.07, 6.45) is -1.05. The van der Waals surface area contributed by atoms with Crippen molar-refractivity contribution < 1.29 is 28.2 Å². The molecule has 248 valence electrons. The fraction of sp³-hybridized carbons (Fsp3) is 0.556. The molecule has 0 aliphatic carbocycles. The molecule has 3 aromatic heterocycles. The van der Waals surface area contributed by atoms with E-state index in [2.05, 4.69) is 35.6 Å². The van der Waals surface area contributed by atoms with Crippen molar-refractivity contribution >= 4 is 55.8 Å². The summed E-state index contributed by atoms with van der Waals surface area (Å²) in [4.78, 5) is 46.7. The molecule has 2 fully saturated rings. The van der Waals surface area contributed by atoms with Gasteiger partial charge in [-0.2, -0.15) is 4.98 Å². The lowest BCUT2D eigenvalue weighted by atomic mass is 9.94. The van der Waals surface area contributed by atoms with Gasteiger partial charge < -0.3 is 42.0 Å². The van der Waals surface area contributed by atoms with Crippen molar-refractivity contribution in [1.82, 2.24) is 34.7 Å². The molecule has 0 aromatic carbocycles. The first-order chi connectivity index (χ1) is 21.7. The average molecular weight is 660 g/mol. The first-order valence-electron chi connectivity index (χ1n) is 14.8. The molecule has 18 nitrogen and oxygen atoms in total. The fourth-order valence-electron chi connectivity index (χ4n) is 6.01. The molecule has 4 atom stereocenters. The standard InChI is InChI=1S/C27H37N11O7S/c1-27(2)20(33-17-21(36-27)34-26(29)35-23(17)41)24(42)32-13-4-7-37(8-5-13)9-10-46(43,44)11-15-18(39)19(40)25(45-15)38-12-31-16-14(28)3-6-30-22(16)38/h3,6,12-13,15,18-19,25,39-40H,4-5,7-11H2,1-2H3,(H2,28,30)(H,32,42)(H4,29,34,35,36,41)/t15-,18?,19+,25-/m1/s1. The molecule has 3 aliphatic heterocycles. The Morgan fingerprint density at radius 3 is 2.67 bits per heavy atom. The van der Waals surface area contributed by atoms with Crippen molar-refractivity contribution in [3.63, 3.8) is 0 Å². The minimum atomic E-state index is -3.68. The minimum Gasteiger partial charge on any atom is -0.397 e. The van der Waals surface area contributed by atoms with Gasteiger partial charge in [0.2, 0.25) is 5.95 Å². The molecule has 6 heterocycles. The van der Waals surface area contributed by atoms with Crippen LogP contribution in [0.2, 0.25) is 0 Å². The van der Waals surface area contributed by atoms with Crippen molar-refractivity contribution in [3.05, 3.63) is 28.9 Å². The van der Waals surface area contributed by atoms with Crippen molar-refractivity contribution in [2.24, 2.45) is 4.99 Å². The number of hydrogen-bond donors (Lipinski definition) is 7. The number of rotatable bonds is 8. The smallest absolute Gasteiger partial charge is 0.280 e. The zero-order valence-electron chi connectivity index (χ0n) is 25.3. The molecule has 1 amide bonds. The second-order valence-electron chi connectivity index (χ2n) is 12.3. The molecular formula is C27H37N11O7S. The third-order valence-corrected chi connectivity index (χ3v) is 10.2. The number of nitrogens with two attached hydrogens (primary N) is 2. The lowest BCUT2D eigenvalue weighted by molar-refractivity contribution is -0.116. The zero-order chi connectivity index (χ0) is 33.0. The topological polar surface area (TPSA) is 269 Å². The third-order valence-electron chi connectivity index (χ3n) is 8.54. The Kier molecular flexibility index (Phi) is 8.21. The molecule has 3 aliphatic rings. The van der Waals surface area contributed by atoms with Gasteiger partial charge in [-0.1, -0.05) is 0 Å². The van der Waals surface area contributed by atoms with Crippen LogP contribution in [-0.4, -0.2) is 121 Å². The summed E-state index contributed by atoms with van der Waals surface area (Å²) in [5.41, 5.74) is 11.3. The molecule has 19 heteroatoms. The molecule has 1 unspecified atom stereocenters. The first-order valence-corrected chi connectivity index (χ1v) is 16.6. The van der Waals surface area contributed by atoms with Crippen LogP contribution in [0.3, 0.4) is 0 Å². The third kappa shape index (κ3) is 6.15. The molecule has 0 radical (unpaired) electrons. The molecular weight excluding hydrogens is 622 g/mol. The van der Waals surface area contributed by atoms with Gasteiger partial charge in [0.1, 0.15) is 29.5 Å². The summed E-state index contributed by atoms with van der Waals surface area (Å²) >= 11 is 0. The predicted molar refractivity (Wildman–Crippen MR) is 168 cm³/mol. The number of H-pyrrole nitrogens is 1. The van der Waals surface area contributed by atoms with Crippen LogP contribution >= 0.6 is 0 Å². The van der Waals surface area contributed by atoms with Gasteiger partial charge in [0, 0.05) is 31.9 Å². The van der Waals surface area contributed by atoms with Gasteiger partial charge in [0.15, 0.2) is 33.2 Å². The molecule has 6 rings (SSSR count). The molecule has 46 heavy (non-hydrogen) atoms. The van der Waals surface area contributed by atoms with E-state index in [0.29, 0.717) is 42.8 Å². The Morgan fingerprint density at radius 1 is 1.20 bits per heavy atom. The second kappa shape index (κ2) is 11.9. The van der Waals surface area contributed by atoms with E-state index >= 15 is 0 Å². The number of fused-ring (bicyclic) bond motifs is 2. The Morgan fingerprint density at radius 2 is 1.93 bits per heavy atom. The Labute approximate surface area is 263 Å². The van der Waals surface area contributed by atoms with Gasteiger partial charge in [-0.15, -0.1) is 0 Å². The van der Waals surface area contributed by atoms with Crippen molar-refractivity contribution in [3.8, 4) is 0 Å². The van der Waals surface area contributed by atoms with E-state index in [4.69, 9.17) is 16.2 Å². The average Bonchev–Trinajstić information content (AvgIpc) is 3.53. The number of aliphatic hydroxyl groups is 2. The van der Waals surface area contributed by atoms with Crippen molar-refractivity contribution in [1.29, 1.82) is 0 Å². The summed E-state index contributed by atoms with van der Waals surface area (Å²) < 4.78 is 33.3. The summed E-state index contributed by atoms with van der Waals surface area (Å²) in [7, 11) is -3.68. The van der Waals surface area contributed by atoms with Gasteiger partial charge in [0.05, 0.1) is 29.1 Å². The molecule has 3 aromatic rings. The van der Waals surface area contributed by atoms with Crippen LogP contribution in [0.1, 0.15) is 32.9 Å². The lowest BCUT2D eigenvalue weighted by Gasteiger charge is -2.35. The number of aromatic amines is 1. The maximum Gasteiger partial charge on any atom is 0.280 e. The van der Waals surface area contributed by atoms with Gasteiger partial charge in [-0.3, -0.25) is 19.1 Å². The van der Waals surface area contributed by atoms with Gasteiger partial charge in [0.25, 0.3) is 11.5 Å². The zero-order valence-corrected chi connectivity index (χ0v) is 26.1. The maximum absolute atomic E-state index is 13.2. The van der Waals surface area contributed by atoms with Gasteiger partial charge in [-0.05, 0) is 32.8 Å². The highest BCUT2D eigenvalue weighted by Crippen LogP contribution is 2.33. The molecule has 0 spiro atoms. The number of hydrogen-bond acceptors (Lipinski definition) is 15. The second-order valence-corrected chi connectivity index (χ2v) is 14.6. The Bertz CT molecular complexity index is 1850. The van der Waals surface area contributed by atoms with E-state index in [0.717, 1.165) is 0 Å². The SMILES string of the molecule is CC1(C)Nc2nc(N)[nH]c(=O)c2N=C1C(=O)NC1CCN(CCS(=O)(=O)C[C@H]2O[C@@H](n3cnc4c(N)ccnc43)[C@@H](O)C2O)CC1. The molecule has 2 saturated heterocycles. The Hall–Kier alpha value is -4.17. The lowest BCUT2D eigenvalue weighted by Crippen LogP contribution is -2.54. The van der Waals surface area contributed by atoms with E-state index < -0.39 is 57.1 Å². The van der Waals surface area contributed by atoms with Crippen LogP contribution < -0.4 is 27.7 Å².